The fraction of sp³-hybridized carbons (Fsp3) is 0.200. The molecule has 3 heteroatoms. The van der Waals surface area contributed by atoms with Gasteiger partial charge in [-0.2, -0.15) is 0 Å². The average molecular weight is 353 g/mol. The maximum Gasteiger partial charge on any atom is 2.00 e. The van der Waals surface area contributed by atoms with Crippen molar-refractivity contribution in [3.05, 3.63) is 73.5 Å². The Bertz CT molecular complexity index is 573. The van der Waals surface area contributed by atoms with Gasteiger partial charge in [-0.1, -0.05) is 36.4 Å². The molecular formula is C20H26N2Ni. The molecule has 0 aliphatic heterocycles. The van der Waals surface area contributed by atoms with Crippen molar-refractivity contribution in [3.8, 4) is 0 Å². The van der Waals surface area contributed by atoms with Crippen molar-refractivity contribution in [1.82, 2.24) is 0 Å². The van der Waals surface area contributed by atoms with Crippen LogP contribution in [0.1, 0.15) is 22.3 Å². The van der Waals surface area contributed by atoms with Crippen LogP contribution in [0.2, 0.25) is 0 Å². The maximum atomic E-state index is 4.51. The smallest absolute Gasteiger partial charge is 0.358 e. The van der Waals surface area contributed by atoms with Crippen LogP contribution in [-0.4, -0.2) is 12.4 Å². The Labute approximate surface area is 151 Å². The van der Waals surface area contributed by atoms with E-state index in [-0.39, 0.29) is 31.3 Å². The van der Waals surface area contributed by atoms with Crippen molar-refractivity contribution >= 4 is 23.8 Å². The summed E-state index contributed by atoms with van der Waals surface area (Å²) < 4.78 is 0. The van der Waals surface area contributed by atoms with E-state index in [1.807, 2.05) is 0 Å². The molecule has 0 radical (unpaired) electrons. The summed E-state index contributed by atoms with van der Waals surface area (Å²) in [5.74, 6) is 0. The molecule has 0 N–H and O–H groups in total. The van der Waals surface area contributed by atoms with Gasteiger partial charge < -0.3 is 14.9 Å². The monoisotopic (exact) mass is 352 g/mol. The molecule has 126 valence electrons. The summed E-state index contributed by atoms with van der Waals surface area (Å²) in [6.07, 6.45) is 3.53. The van der Waals surface area contributed by atoms with E-state index in [0.717, 1.165) is 11.4 Å². The van der Waals surface area contributed by atoms with Gasteiger partial charge in [0.1, 0.15) is 0 Å². The Morgan fingerprint density at radius 3 is 1.13 bits per heavy atom. The van der Waals surface area contributed by atoms with Gasteiger partial charge in [0.25, 0.3) is 0 Å². The van der Waals surface area contributed by atoms with Crippen LogP contribution in [0.5, 0.6) is 0 Å². The van der Waals surface area contributed by atoms with Crippen LogP contribution < -0.4 is 0 Å². The standard InChI is InChI=1S/C18H20N2.2CH3.Ni/c1-13-7-5-8-14(2)17(13)19-11-12-20-18-15(3)9-6-10-16(18)4;;;/h5-12H,1-4H3;2*1H3;/q;2*-1;+2. The van der Waals surface area contributed by atoms with Crippen molar-refractivity contribution in [3.63, 3.8) is 0 Å². The quantitative estimate of drug-likeness (QED) is 0.372. The van der Waals surface area contributed by atoms with E-state index >= 15 is 0 Å². The average Bonchev–Trinajstić information content (AvgIpc) is 2.40. The number of benzene rings is 2. The molecule has 0 aromatic heterocycles. The Balaban J connectivity index is 0. The molecule has 0 heterocycles. The molecule has 0 spiro atoms. The molecule has 23 heavy (non-hydrogen) atoms. The summed E-state index contributed by atoms with van der Waals surface area (Å²) in [5, 5.41) is 0. The molecule has 2 rings (SSSR count). The van der Waals surface area contributed by atoms with Crippen LogP contribution in [0.4, 0.5) is 11.4 Å². The van der Waals surface area contributed by atoms with Crippen LogP contribution >= 0.6 is 0 Å². The van der Waals surface area contributed by atoms with Gasteiger partial charge in [0.05, 0.1) is 11.4 Å². The first-order valence-electron chi connectivity index (χ1n) is 6.78. The van der Waals surface area contributed by atoms with Gasteiger partial charge in [-0.15, -0.1) is 0 Å². The number of aryl methyl sites for hydroxylation is 4. The van der Waals surface area contributed by atoms with Crippen molar-refractivity contribution < 1.29 is 16.5 Å². The largest absolute Gasteiger partial charge is 2.00 e. The van der Waals surface area contributed by atoms with E-state index in [4.69, 9.17) is 0 Å². The summed E-state index contributed by atoms with van der Waals surface area (Å²) in [6.45, 7) is 8.29. The Morgan fingerprint density at radius 1 is 0.609 bits per heavy atom. The van der Waals surface area contributed by atoms with E-state index in [9.17, 15) is 0 Å². The molecule has 0 atom stereocenters. The molecule has 2 aromatic rings. The van der Waals surface area contributed by atoms with Crippen LogP contribution in [0.25, 0.3) is 0 Å². The third-order valence-electron chi connectivity index (χ3n) is 3.35. The first-order valence-corrected chi connectivity index (χ1v) is 6.78. The molecule has 0 saturated carbocycles. The molecule has 0 bridgehead atoms. The van der Waals surface area contributed by atoms with Crippen LogP contribution in [0, 0.1) is 42.5 Å². The molecule has 2 nitrogen and oxygen atoms in total. The molecule has 0 aliphatic rings. The zero-order valence-electron chi connectivity index (χ0n) is 14.8. The summed E-state index contributed by atoms with van der Waals surface area (Å²) in [4.78, 5) is 9.01. The van der Waals surface area contributed by atoms with Crippen molar-refractivity contribution in [1.29, 1.82) is 0 Å². The second-order valence-corrected chi connectivity index (χ2v) is 5.04. The number of hydrogen-bond donors (Lipinski definition) is 0. The van der Waals surface area contributed by atoms with Crippen molar-refractivity contribution in [2.24, 2.45) is 9.98 Å². The minimum Gasteiger partial charge on any atom is -0.358 e. The van der Waals surface area contributed by atoms with Crippen LogP contribution in [-0.2, 0) is 16.5 Å². The second kappa shape index (κ2) is 10.9. The van der Waals surface area contributed by atoms with Gasteiger partial charge >= 0.3 is 16.5 Å². The number of hydrogen-bond acceptors (Lipinski definition) is 2. The second-order valence-electron chi connectivity index (χ2n) is 5.04. The number of nitrogens with zero attached hydrogens (tertiary/aromatic N) is 2. The van der Waals surface area contributed by atoms with E-state index in [2.05, 4.69) is 74.1 Å². The number of aliphatic imine (C=N–C) groups is 2. The van der Waals surface area contributed by atoms with E-state index in [1.54, 1.807) is 12.4 Å². The minimum absolute atomic E-state index is 0. The maximum absolute atomic E-state index is 4.51. The molecule has 0 fully saturated rings. The van der Waals surface area contributed by atoms with Crippen molar-refractivity contribution in [2.45, 2.75) is 27.7 Å². The molecule has 0 aliphatic carbocycles. The Hall–Kier alpha value is -1.73. The summed E-state index contributed by atoms with van der Waals surface area (Å²) in [7, 11) is 0. The number of para-hydroxylation sites is 2. The molecular weight excluding hydrogens is 327 g/mol. The first-order chi connectivity index (χ1) is 9.59. The third-order valence-corrected chi connectivity index (χ3v) is 3.35. The number of rotatable bonds is 3. The van der Waals surface area contributed by atoms with Gasteiger partial charge in [-0.25, -0.2) is 0 Å². The Morgan fingerprint density at radius 2 is 0.870 bits per heavy atom. The summed E-state index contributed by atoms with van der Waals surface area (Å²) in [5.41, 5.74) is 6.79. The normalized spacial score (nSPS) is 10.1. The molecule has 0 saturated heterocycles. The van der Waals surface area contributed by atoms with E-state index in [1.165, 1.54) is 22.3 Å². The van der Waals surface area contributed by atoms with Gasteiger partial charge in [0.15, 0.2) is 0 Å². The van der Waals surface area contributed by atoms with Gasteiger partial charge in [-0.3, -0.25) is 9.98 Å². The topological polar surface area (TPSA) is 24.7 Å². The van der Waals surface area contributed by atoms with Gasteiger partial charge in [0.2, 0.25) is 0 Å². The van der Waals surface area contributed by atoms with Gasteiger partial charge in [-0.05, 0) is 49.9 Å². The predicted octanol–water partition coefficient (Wildman–Crippen LogP) is 5.92. The molecule has 0 unspecified atom stereocenters. The fourth-order valence-corrected chi connectivity index (χ4v) is 2.23. The van der Waals surface area contributed by atoms with Gasteiger partial charge in [0, 0.05) is 12.4 Å². The van der Waals surface area contributed by atoms with E-state index in [0.29, 0.717) is 0 Å². The van der Waals surface area contributed by atoms with Crippen LogP contribution in [0.15, 0.2) is 46.4 Å². The fourth-order valence-electron chi connectivity index (χ4n) is 2.23. The Kier molecular flexibility index (Phi) is 11.2. The van der Waals surface area contributed by atoms with E-state index < -0.39 is 0 Å². The zero-order valence-corrected chi connectivity index (χ0v) is 15.8. The zero-order chi connectivity index (χ0) is 14.5. The first kappa shape index (κ1) is 23.5. The predicted molar refractivity (Wildman–Crippen MR) is 101 cm³/mol. The SMILES string of the molecule is Cc1cccc(C)c1N=CC=Nc1c(C)cccc1C.[CH3-].[CH3-].[Ni+2]. The minimum atomic E-state index is 0. The third kappa shape index (κ3) is 6.11. The summed E-state index contributed by atoms with van der Waals surface area (Å²) >= 11 is 0. The van der Waals surface area contributed by atoms with Crippen LogP contribution in [0.3, 0.4) is 0 Å². The van der Waals surface area contributed by atoms with Crippen molar-refractivity contribution in [2.75, 3.05) is 0 Å². The molecule has 0 amide bonds. The summed E-state index contributed by atoms with van der Waals surface area (Å²) in [6, 6.07) is 12.4. The molecule has 2 aromatic carbocycles.